The number of nitrogens with zero attached hydrogens (tertiary/aromatic N) is 2. The molecule has 0 spiro atoms. The van der Waals surface area contributed by atoms with Gasteiger partial charge in [-0.25, -0.2) is 0 Å². The Labute approximate surface area is 92.9 Å². The summed E-state index contributed by atoms with van der Waals surface area (Å²) in [5, 5.41) is 7.86. The van der Waals surface area contributed by atoms with Crippen molar-refractivity contribution in [3.05, 3.63) is 18.0 Å². The Hall–Kier alpha value is -0.830. The molecular formula is C12H23N3. The number of nitrogens with one attached hydrogen (secondary N) is 1. The van der Waals surface area contributed by atoms with Crippen molar-refractivity contribution in [3.8, 4) is 0 Å². The van der Waals surface area contributed by atoms with E-state index in [9.17, 15) is 0 Å². The van der Waals surface area contributed by atoms with E-state index in [1.54, 1.807) is 0 Å². The zero-order valence-electron chi connectivity index (χ0n) is 10.3. The number of aryl methyl sites for hydroxylation is 1. The number of hydrogen-bond acceptors (Lipinski definition) is 2. The van der Waals surface area contributed by atoms with E-state index in [2.05, 4.69) is 37.4 Å². The van der Waals surface area contributed by atoms with Gasteiger partial charge in [0.15, 0.2) is 0 Å². The Morgan fingerprint density at radius 1 is 1.47 bits per heavy atom. The monoisotopic (exact) mass is 209 g/mol. The van der Waals surface area contributed by atoms with Gasteiger partial charge in [0.25, 0.3) is 0 Å². The Bertz CT molecular complexity index is 280. The molecule has 1 N–H and O–H groups in total. The molecule has 0 fully saturated rings. The molecule has 0 saturated carbocycles. The summed E-state index contributed by atoms with van der Waals surface area (Å²) < 4.78 is 1.87. The first-order valence-corrected chi connectivity index (χ1v) is 5.92. The Kier molecular flexibility index (Phi) is 4.82. The summed E-state index contributed by atoms with van der Waals surface area (Å²) in [6.07, 6.45) is 7.63. The van der Waals surface area contributed by atoms with Crippen LogP contribution in [0, 0.1) is 0 Å². The summed E-state index contributed by atoms with van der Waals surface area (Å²) >= 11 is 0. The molecule has 2 unspecified atom stereocenters. The molecule has 86 valence electrons. The molecule has 1 aromatic heterocycles. The minimum atomic E-state index is 0.445. The first-order valence-electron chi connectivity index (χ1n) is 5.92. The molecule has 2 atom stereocenters. The van der Waals surface area contributed by atoms with Crippen LogP contribution in [0.2, 0.25) is 0 Å². The molecular weight excluding hydrogens is 186 g/mol. The fraction of sp³-hybridized carbons (Fsp3) is 0.750. The molecule has 1 rings (SSSR count). The van der Waals surface area contributed by atoms with E-state index in [1.807, 2.05) is 17.9 Å². The number of aromatic nitrogens is 2. The van der Waals surface area contributed by atoms with Gasteiger partial charge in [-0.2, -0.15) is 5.10 Å². The molecule has 0 aliphatic carbocycles. The van der Waals surface area contributed by atoms with Gasteiger partial charge < -0.3 is 5.32 Å². The van der Waals surface area contributed by atoms with Crippen molar-refractivity contribution < 1.29 is 0 Å². The molecule has 3 nitrogen and oxygen atoms in total. The minimum Gasteiger partial charge on any atom is -0.307 e. The first kappa shape index (κ1) is 12.2. The van der Waals surface area contributed by atoms with Crippen LogP contribution in [0.4, 0.5) is 0 Å². The van der Waals surface area contributed by atoms with Crippen LogP contribution in [0.25, 0.3) is 0 Å². The molecule has 15 heavy (non-hydrogen) atoms. The molecule has 0 bridgehead atoms. The van der Waals surface area contributed by atoms with Crippen molar-refractivity contribution in [1.82, 2.24) is 15.1 Å². The fourth-order valence-corrected chi connectivity index (χ4v) is 1.93. The van der Waals surface area contributed by atoms with E-state index in [4.69, 9.17) is 0 Å². The van der Waals surface area contributed by atoms with Crippen molar-refractivity contribution in [2.24, 2.45) is 7.05 Å². The molecule has 0 amide bonds. The highest BCUT2D eigenvalue weighted by molar-refractivity contribution is 5.10. The Morgan fingerprint density at radius 2 is 2.20 bits per heavy atom. The van der Waals surface area contributed by atoms with Gasteiger partial charge in [0.1, 0.15) is 0 Å². The van der Waals surface area contributed by atoms with Crippen molar-refractivity contribution >= 4 is 0 Å². The standard InChI is InChI=1S/C12H23N3/c1-5-7-10(3)14-12(6-2)11-8-13-15(4)9-11/h8-10,12,14H,5-7H2,1-4H3. The van der Waals surface area contributed by atoms with Crippen LogP contribution in [0.15, 0.2) is 12.4 Å². The second-order valence-electron chi connectivity index (χ2n) is 4.26. The Balaban J connectivity index is 2.56. The summed E-state index contributed by atoms with van der Waals surface area (Å²) in [5.41, 5.74) is 1.29. The summed E-state index contributed by atoms with van der Waals surface area (Å²) in [6.45, 7) is 6.69. The molecule has 1 heterocycles. The average molecular weight is 209 g/mol. The van der Waals surface area contributed by atoms with Crippen molar-refractivity contribution in [2.45, 2.75) is 52.1 Å². The maximum atomic E-state index is 4.22. The molecule has 3 heteroatoms. The zero-order valence-corrected chi connectivity index (χ0v) is 10.3. The van der Waals surface area contributed by atoms with E-state index in [0.717, 1.165) is 6.42 Å². The number of hydrogen-bond donors (Lipinski definition) is 1. The lowest BCUT2D eigenvalue weighted by Crippen LogP contribution is -2.29. The highest BCUT2D eigenvalue weighted by Crippen LogP contribution is 2.16. The van der Waals surface area contributed by atoms with Gasteiger partial charge in [0.05, 0.1) is 6.20 Å². The zero-order chi connectivity index (χ0) is 11.3. The van der Waals surface area contributed by atoms with E-state index in [-0.39, 0.29) is 0 Å². The normalized spacial score (nSPS) is 15.2. The topological polar surface area (TPSA) is 29.9 Å². The fourth-order valence-electron chi connectivity index (χ4n) is 1.93. The molecule has 0 aliphatic heterocycles. The SMILES string of the molecule is CCCC(C)NC(CC)c1cnn(C)c1. The van der Waals surface area contributed by atoms with Crippen molar-refractivity contribution in [2.75, 3.05) is 0 Å². The summed E-state index contributed by atoms with van der Waals surface area (Å²) in [5.74, 6) is 0. The molecule has 0 radical (unpaired) electrons. The van der Waals surface area contributed by atoms with Gasteiger partial charge in [0.2, 0.25) is 0 Å². The largest absolute Gasteiger partial charge is 0.307 e. The minimum absolute atomic E-state index is 0.445. The third-order valence-corrected chi connectivity index (χ3v) is 2.74. The van der Waals surface area contributed by atoms with Crippen LogP contribution in [-0.4, -0.2) is 15.8 Å². The van der Waals surface area contributed by atoms with Crippen LogP contribution < -0.4 is 5.32 Å². The summed E-state index contributed by atoms with van der Waals surface area (Å²) in [7, 11) is 1.96. The van der Waals surface area contributed by atoms with Gasteiger partial charge >= 0.3 is 0 Å². The maximum absolute atomic E-state index is 4.22. The molecule has 0 aliphatic rings. The highest BCUT2D eigenvalue weighted by atomic mass is 15.2. The lowest BCUT2D eigenvalue weighted by molar-refractivity contribution is 0.424. The second kappa shape index (κ2) is 5.91. The van der Waals surface area contributed by atoms with Gasteiger partial charge in [-0.15, -0.1) is 0 Å². The van der Waals surface area contributed by atoms with Gasteiger partial charge in [-0.3, -0.25) is 4.68 Å². The predicted molar refractivity (Wildman–Crippen MR) is 63.7 cm³/mol. The summed E-state index contributed by atoms with van der Waals surface area (Å²) in [4.78, 5) is 0. The smallest absolute Gasteiger partial charge is 0.0537 e. The molecule has 1 aromatic rings. The van der Waals surface area contributed by atoms with E-state index in [0.29, 0.717) is 12.1 Å². The third kappa shape index (κ3) is 3.67. The van der Waals surface area contributed by atoms with Crippen LogP contribution in [0.1, 0.15) is 51.6 Å². The van der Waals surface area contributed by atoms with E-state index >= 15 is 0 Å². The van der Waals surface area contributed by atoms with Crippen molar-refractivity contribution in [3.63, 3.8) is 0 Å². The quantitative estimate of drug-likeness (QED) is 0.780. The maximum Gasteiger partial charge on any atom is 0.0537 e. The molecule has 0 aromatic carbocycles. The van der Waals surface area contributed by atoms with Gasteiger partial charge in [-0.05, 0) is 19.8 Å². The van der Waals surface area contributed by atoms with Crippen LogP contribution in [0.5, 0.6) is 0 Å². The van der Waals surface area contributed by atoms with Crippen molar-refractivity contribution in [1.29, 1.82) is 0 Å². The van der Waals surface area contributed by atoms with Gasteiger partial charge in [-0.1, -0.05) is 20.3 Å². The lowest BCUT2D eigenvalue weighted by atomic mass is 10.1. The molecule has 0 saturated heterocycles. The average Bonchev–Trinajstić information content (AvgIpc) is 2.61. The third-order valence-electron chi connectivity index (χ3n) is 2.74. The number of rotatable bonds is 6. The Morgan fingerprint density at radius 3 is 2.67 bits per heavy atom. The van der Waals surface area contributed by atoms with E-state index < -0.39 is 0 Å². The first-order chi connectivity index (χ1) is 7.17. The van der Waals surface area contributed by atoms with Crippen LogP contribution >= 0.6 is 0 Å². The highest BCUT2D eigenvalue weighted by Gasteiger charge is 2.13. The van der Waals surface area contributed by atoms with E-state index in [1.165, 1.54) is 18.4 Å². The van der Waals surface area contributed by atoms with Gasteiger partial charge in [0, 0.05) is 30.9 Å². The van der Waals surface area contributed by atoms with Crippen LogP contribution in [0.3, 0.4) is 0 Å². The lowest BCUT2D eigenvalue weighted by Gasteiger charge is -2.20. The van der Waals surface area contributed by atoms with Crippen LogP contribution in [-0.2, 0) is 7.05 Å². The second-order valence-corrected chi connectivity index (χ2v) is 4.26. The summed E-state index contributed by atoms with van der Waals surface area (Å²) in [6, 6.07) is 1.03. The predicted octanol–water partition coefficient (Wildman–Crippen LogP) is 2.65.